The number of carbonyl (C=O) groups excluding carboxylic acids is 2. The van der Waals surface area contributed by atoms with E-state index < -0.39 is 44.1 Å². The van der Waals surface area contributed by atoms with Gasteiger partial charge in [-0.2, -0.15) is 0 Å². The van der Waals surface area contributed by atoms with Gasteiger partial charge in [0.05, 0.1) is 34.3 Å². The van der Waals surface area contributed by atoms with Crippen LogP contribution in [0.15, 0.2) is 170 Å². The van der Waals surface area contributed by atoms with Crippen LogP contribution in [0.2, 0.25) is 18.1 Å². The van der Waals surface area contributed by atoms with Crippen LogP contribution in [0.4, 0.5) is 0 Å². The molecule has 374 valence electrons. The van der Waals surface area contributed by atoms with E-state index in [2.05, 4.69) is 57.4 Å². The lowest BCUT2D eigenvalue weighted by molar-refractivity contribution is -0.163. The molecule has 0 unspecified atom stereocenters. The van der Waals surface area contributed by atoms with Crippen molar-refractivity contribution in [2.45, 2.75) is 77.0 Å². The number of aliphatic carboxylic acids is 2. The summed E-state index contributed by atoms with van der Waals surface area (Å²) in [7, 11) is -2.29. The number of carbonyl (C=O) groups is 4. The number of carboxylic acids is 2. The lowest BCUT2D eigenvalue weighted by atomic mass is 9.84. The summed E-state index contributed by atoms with van der Waals surface area (Å²) in [5.74, 6) is -1.85. The molecule has 0 spiro atoms. The molecule has 0 aliphatic carbocycles. The zero-order chi connectivity index (χ0) is 53.4. The summed E-state index contributed by atoms with van der Waals surface area (Å²) in [5.41, 5.74) is 9.64. The van der Waals surface area contributed by atoms with E-state index in [4.69, 9.17) is 27.5 Å². The second kappa shape index (κ2) is 20.9. The lowest BCUT2D eigenvalue weighted by Gasteiger charge is -2.56. The molecule has 10 rings (SSSR count). The number of hydrogen-bond donors (Lipinski definition) is 3. The predicted octanol–water partition coefficient (Wildman–Crippen LogP) is 11.7. The number of nitrogens with zero attached hydrogens (tertiary/aromatic N) is 3. The quantitative estimate of drug-likeness (QED) is 0.0664. The first kappa shape index (κ1) is 48.5. The molecular formula is C60H62N4O8Si. The minimum atomic E-state index is -2.29. The van der Waals surface area contributed by atoms with Crippen molar-refractivity contribution in [2.24, 2.45) is 11.8 Å². The van der Waals surface area contributed by atoms with Crippen LogP contribution in [0.5, 0.6) is 11.5 Å². The Balaban J connectivity index is 0.000000215. The van der Waals surface area contributed by atoms with Gasteiger partial charge in [-0.25, -0.2) is 19.6 Å². The SMILES string of the molecule is CC(C)(C)[Si](C)(C)N1C(=O)[C@H](Cc2ccc(OCc3cc(-c4ccccc4)nc4ccccc34)cc2)[C@H]1C(=O)O.O=C(O)[C@H]1NC(=O)[C@@H]1Cc1ccc(OCc2cc(-c3ccccc3)nc3ccccc23)cc1.[2HH].[2H][2H]. The highest BCUT2D eigenvalue weighted by Crippen LogP contribution is 2.45. The van der Waals surface area contributed by atoms with Crippen molar-refractivity contribution in [1.29, 1.82) is 0 Å². The Hall–Kier alpha value is -8.16. The number of carboxylic acid groups (broad SMARTS) is 2. The Morgan fingerprint density at radius 1 is 0.616 bits per heavy atom. The zero-order valence-electron chi connectivity index (χ0n) is 43.5. The summed E-state index contributed by atoms with van der Waals surface area (Å²) in [6.45, 7) is 11.2. The smallest absolute Gasteiger partial charge is 0.327 e. The minimum absolute atomic E-state index is 0. The number of aromatic nitrogens is 2. The van der Waals surface area contributed by atoms with E-state index in [1.165, 1.54) is 0 Å². The highest BCUT2D eigenvalue weighted by Gasteiger charge is 2.59. The summed E-state index contributed by atoms with van der Waals surface area (Å²) in [4.78, 5) is 57.9. The molecule has 2 aliphatic rings. The number of para-hydroxylation sites is 2. The molecule has 6 aromatic carbocycles. The summed E-state index contributed by atoms with van der Waals surface area (Å²) < 4.78 is 23.9. The van der Waals surface area contributed by atoms with Gasteiger partial charge in [0.15, 0.2) is 8.24 Å². The molecule has 2 saturated heterocycles. The molecule has 3 N–H and O–H groups in total. The van der Waals surface area contributed by atoms with Crippen molar-refractivity contribution < 1.29 is 43.3 Å². The monoisotopic (exact) mass is 997 g/mol. The van der Waals surface area contributed by atoms with Crippen molar-refractivity contribution in [3.63, 3.8) is 0 Å². The molecule has 13 heteroatoms. The van der Waals surface area contributed by atoms with Crippen LogP contribution < -0.4 is 14.8 Å². The second-order valence-corrected chi connectivity index (χ2v) is 25.3. The third-order valence-electron chi connectivity index (χ3n) is 14.5. The number of hydrogen-bond acceptors (Lipinski definition) is 8. The number of β-lactam (4-membered cyclic amide) rings is 2. The number of ether oxygens (including phenoxy) is 2. The van der Waals surface area contributed by atoms with E-state index in [9.17, 15) is 24.3 Å². The number of amides is 2. The Labute approximate surface area is 430 Å². The van der Waals surface area contributed by atoms with Gasteiger partial charge in [0.1, 0.15) is 36.8 Å². The van der Waals surface area contributed by atoms with E-state index in [1.807, 2.05) is 152 Å². The van der Waals surface area contributed by atoms with Gasteiger partial charge in [0, 0.05) is 37.4 Å². The number of nitrogens with one attached hydrogen (secondary N) is 1. The van der Waals surface area contributed by atoms with Crippen LogP contribution in [0, 0.1) is 11.8 Å². The average Bonchev–Trinajstić information content (AvgIpc) is 3.42. The highest BCUT2D eigenvalue weighted by molar-refractivity contribution is 6.80. The van der Waals surface area contributed by atoms with Gasteiger partial charge in [0.2, 0.25) is 11.8 Å². The molecule has 4 atom stereocenters. The summed E-state index contributed by atoms with van der Waals surface area (Å²) >= 11 is 0. The van der Waals surface area contributed by atoms with Crippen molar-refractivity contribution in [3.8, 4) is 34.0 Å². The van der Waals surface area contributed by atoms with Crippen LogP contribution in [0.3, 0.4) is 0 Å². The number of rotatable bonds is 15. The van der Waals surface area contributed by atoms with E-state index in [0.29, 0.717) is 37.6 Å². The van der Waals surface area contributed by atoms with Gasteiger partial charge in [-0.1, -0.05) is 155 Å². The van der Waals surface area contributed by atoms with Crippen LogP contribution in [0.1, 0.15) is 47.4 Å². The van der Waals surface area contributed by atoms with Gasteiger partial charge in [-0.3, -0.25) is 9.59 Å². The second-order valence-electron chi connectivity index (χ2n) is 20.2. The fourth-order valence-corrected chi connectivity index (χ4v) is 11.8. The van der Waals surface area contributed by atoms with Crippen molar-refractivity contribution in [2.75, 3.05) is 0 Å². The summed E-state index contributed by atoms with van der Waals surface area (Å²) in [5, 5.41) is 23.5. The summed E-state index contributed by atoms with van der Waals surface area (Å²) in [6, 6.07) is 53.9. The average molecular weight is 998 g/mol. The lowest BCUT2D eigenvalue weighted by Crippen LogP contribution is -2.75. The molecule has 0 bridgehead atoms. The van der Waals surface area contributed by atoms with Gasteiger partial charge in [-0.15, -0.1) is 0 Å². The first-order chi connectivity index (χ1) is 36.0. The maximum absolute atomic E-state index is 13.2. The molecule has 0 radical (unpaired) electrons. The van der Waals surface area contributed by atoms with Gasteiger partial charge in [0.25, 0.3) is 0 Å². The van der Waals surface area contributed by atoms with Crippen LogP contribution >= 0.6 is 0 Å². The predicted molar refractivity (Wildman–Crippen MR) is 290 cm³/mol. The van der Waals surface area contributed by atoms with Gasteiger partial charge >= 0.3 is 11.9 Å². The molecule has 2 aromatic heterocycles. The molecule has 2 aliphatic heterocycles. The Morgan fingerprint density at radius 2 is 1.04 bits per heavy atom. The number of pyridine rings is 2. The fourth-order valence-electron chi connectivity index (χ4n) is 9.40. The fraction of sp³-hybridized carbons (Fsp3) is 0.233. The first-order valence-corrected chi connectivity index (χ1v) is 27.4. The van der Waals surface area contributed by atoms with Crippen molar-refractivity contribution in [3.05, 3.63) is 192 Å². The molecular weight excluding hydrogens is 933 g/mol. The molecule has 0 saturated carbocycles. The van der Waals surface area contributed by atoms with Crippen LogP contribution in [-0.2, 0) is 45.2 Å². The van der Waals surface area contributed by atoms with Crippen molar-refractivity contribution in [1.82, 2.24) is 19.9 Å². The molecule has 2 fully saturated rings. The maximum atomic E-state index is 13.2. The molecule has 73 heavy (non-hydrogen) atoms. The van der Waals surface area contributed by atoms with Crippen molar-refractivity contribution >= 4 is 53.8 Å². The third-order valence-corrected chi connectivity index (χ3v) is 19.9. The molecule has 4 heterocycles. The minimum Gasteiger partial charge on any atom is -0.489 e. The number of fused-ring (bicyclic) bond motifs is 2. The topological polar surface area (TPSA) is 168 Å². The Bertz CT molecular complexity index is 3330. The standard InChI is InChI=1S/C33H36N2O4Si.C27H22N2O4.2H2/c1-33(2,3)40(4,5)35-30(32(37)38)27(31(35)36)19-22-15-17-25(18-16-22)39-21-24-20-29(23-11-7-6-8-12-23)34-28-14-10-9-13-26(24)28;30-26-22(25(29-26)27(31)32)14-17-10-12-20(13-11-17)33-16-19-15-24(18-6-2-1-3-7-18)28-23-9-5-4-8-21(19)23;;/h6-18,20,27,30H,19,21H2,1-5H3,(H,37,38);1-13,15,22,25H,14,16H2,(H,29,30)(H,31,32);2*1H/t27-,30+;22-,25+;;/m11../s1/i;;1+1D;1+1. The number of benzene rings is 6. The Kier molecular flexibility index (Phi) is 13.9. The van der Waals surface area contributed by atoms with Crippen LogP contribution in [0.25, 0.3) is 44.3 Å². The first-order valence-electron chi connectivity index (χ1n) is 25.5. The molecule has 8 aromatic rings. The highest BCUT2D eigenvalue weighted by atomic mass is 28.3. The Morgan fingerprint density at radius 3 is 1.45 bits per heavy atom. The molecule has 2 amide bonds. The third kappa shape index (κ3) is 10.7. The largest absolute Gasteiger partial charge is 0.489 e. The van der Waals surface area contributed by atoms with E-state index in [0.717, 1.165) is 66.6 Å². The van der Waals surface area contributed by atoms with E-state index in [-0.39, 0.29) is 18.3 Å². The maximum Gasteiger partial charge on any atom is 0.327 e. The van der Waals surface area contributed by atoms with Gasteiger partial charge < -0.3 is 29.6 Å². The normalized spacial score (nSPS) is 17.5. The van der Waals surface area contributed by atoms with Gasteiger partial charge in [-0.05, 0) is 77.5 Å². The van der Waals surface area contributed by atoms with E-state index in [1.54, 1.807) is 4.57 Å². The summed E-state index contributed by atoms with van der Waals surface area (Å²) in [6.07, 6.45) is 0.787. The van der Waals surface area contributed by atoms with E-state index >= 15 is 0 Å². The van der Waals surface area contributed by atoms with Crippen LogP contribution in [-0.4, -0.2) is 68.8 Å². The zero-order valence-corrected chi connectivity index (χ0v) is 42.5. The molecule has 12 nitrogen and oxygen atoms in total.